The average molecular weight is 292 g/mol. The summed E-state index contributed by atoms with van der Waals surface area (Å²) in [6.45, 7) is 4.50. The Labute approximate surface area is 92.1 Å². The summed E-state index contributed by atoms with van der Waals surface area (Å²) >= 11 is 2.24. The Morgan fingerprint density at radius 3 is 2.62 bits per heavy atom. The third-order valence-electron chi connectivity index (χ3n) is 1.71. The second kappa shape index (κ2) is 4.81. The number of rotatable bonds is 3. The van der Waals surface area contributed by atoms with Gasteiger partial charge in [-0.05, 0) is 53.6 Å². The van der Waals surface area contributed by atoms with Gasteiger partial charge >= 0.3 is 0 Å². The summed E-state index contributed by atoms with van der Waals surface area (Å²) < 4.78 is 6.51. The maximum Gasteiger partial charge on any atom is 0.135 e. The molecule has 0 amide bonds. The highest BCUT2D eigenvalue weighted by atomic mass is 127. The van der Waals surface area contributed by atoms with Crippen molar-refractivity contribution in [3.63, 3.8) is 0 Å². The van der Waals surface area contributed by atoms with Crippen LogP contribution in [0, 0.1) is 17.4 Å². The van der Waals surface area contributed by atoms with E-state index in [0.717, 1.165) is 14.9 Å². The van der Waals surface area contributed by atoms with Crippen LogP contribution < -0.4 is 4.74 Å². The first kappa shape index (κ1) is 10.8. The van der Waals surface area contributed by atoms with Gasteiger partial charge in [-0.25, -0.2) is 0 Å². The molecule has 3 heteroatoms. The molecule has 0 saturated carbocycles. The monoisotopic (exact) mass is 292 g/mol. The quantitative estimate of drug-likeness (QED) is 0.866. The van der Waals surface area contributed by atoms with E-state index >= 15 is 0 Å². The van der Waals surface area contributed by atoms with Crippen LogP contribution in [0.3, 0.4) is 0 Å². The first-order valence-electron chi connectivity index (χ1n) is 4.15. The van der Waals surface area contributed by atoms with E-state index in [-0.39, 0.29) is 6.61 Å². The van der Waals surface area contributed by atoms with Crippen LogP contribution in [0.5, 0.6) is 5.75 Å². The second-order valence-corrected chi connectivity index (χ2v) is 4.13. The summed E-state index contributed by atoms with van der Waals surface area (Å²) in [5.74, 6) is 0.889. The lowest BCUT2D eigenvalue weighted by Crippen LogP contribution is -2.04. The maximum atomic E-state index is 8.64. The number of halogens is 1. The lowest BCUT2D eigenvalue weighted by Gasteiger charge is -2.10. The fraction of sp³-hybridized carbons (Fsp3) is 0.400. The van der Waals surface area contributed by atoms with Crippen molar-refractivity contribution in [3.8, 4) is 5.75 Å². The lowest BCUT2D eigenvalue weighted by molar-refractivity contribution is 0.200. The van der Waals surface area contributed by atoms with E-state index in [9.17, 15) is 0 Å². The van der Waals surface area contributed by atoms with Crippen molar-refractivity contribution in [1.29, 1.82) is 0 Å². The normalized spacial score (nSPS) is 10.2. The summed E-state index contributed by atoms with van der Waals surface area (Å²) in [6.07, 6.45) is 0. The molecule has 72 valence electrons. The average Bonchev–Trinajstić information content (AvgIpc) is 2.02. The van der Waals surface area contributed by atoms with Gasteiger partial charge in [-0.2, -0.15) is 0 Å². The molecule has 0 fully saturated rings. The van der Waals surface area contributed by atoms with Crippen molar-refractivity contribution in [3.05, 3.63) is 26.8 Å². The molecular weight excluding hydrogens is 279 g/mol. The van der Waals surface area contributed by atoms with Gasteiger partial charge in [0.05, 0.1) is 10.2 Å². The van der Waals surface area contributed by atoms with Crippen molar-refractivity contribution < 1.29 is 9.84 Å². The first-order valence-corrected chi connectivity index (χ1v) is 5.23. The lowest BCUT2D eigenvalue weighted by atomic mass is 10.1. The molecule has 0 heterocycles. The van der Waals surface area contributed by atoms with Gasteiger partial charge in [0.2, 0.25) is 0 Å². The van der Waals surface area contributed by atoms with Crippen molar-refractivity contribution in [2.75, 3.05) is 13.2 Å². The van der Waals surface area contributed by atoms with Crippen LogP contribution in [0.25, 0.3) is 0 Å². The van der Waals surface area contributed by atoms with Gasteiger partial charge in [-0.3, -0.25) is 0 Å². The number of hydrogen-bond acceptors (Lipinski definition) is 2. The predicted molar refractivity (Wildman–Crippen MR) is 61.2 cm³/mol. The van der Waals surface area contributed by atoms with E-state index in [1.54, 1.807) is 0 Å². The van der Waals surface area contributed by atoms with Crippen LogP contribution >= 0.6 is 22.6 Å². The fourth-order valence-electron chi connectivity index (χ4n) is 1.23. The molecule has 0 aliphatic carbocycles. The second-order valence-electron chi connectivity index (χ2n) is 2.96. The molecule has 0 bridgehead atoms. The molecule has 1 aromatic rings. The van der Waals surface area contributed by atoms with Crippen molar-refractivity contribution in [1.82, 2.24) is 0 Å². The number of aryl methyl sites for hydroxylation is 2. The molecule has 0 aliphatic heterocycles. The zero-order chi connectivity index (χ0) is 9.84. The largest absolute Gasteiger partial charge is 0.490 e. The molecule has 0 atom stereocenters. The van der Waals surface area contributed by atoms with Crippen LogP contribution in [0.1, 0.15) is 11.1 Å². The van der Waals surface area contributed by atoms with E-state index in [2.05, 4.69) is 41.6 Å². The third kappa shape index (κ3) is 2.84. The highest BCUT2D eigenvalue weighted by Crippen LogP contribution is 2.26. The zero-order valence-electron chi connectivity index (χ0n) is 7.80. The first-order chi connectivity index (χ1) is 6.15. The highest BCUT2D eigenvalue weighted by molar-refractivity contribution is 14.1. The van der Waals surface area contributed by atoms with Gasteiger partial charge in [0.25, 0.3) is 0 Å². The van der Waals surface area contributed by atoms with Crippen molar-refractivity contribution in [2.45, 2.75) is 13.8 Å². The molecule has 1 N–H and O–H groups in total. The minimum Gasteiger partial charge on any atom is -0.490 e. The summed E-state index contributed by atoms with van der Waals surface area (Å²) in [5, 5.41) is 8.64. The van der Waals surface area contributed by atoms with Crippen LogP contribution in [0.15, 0.2) is 12.1 Å². The number of ether oxygens (including phenoxy) is 1. The topological polar surface area (TPSA) is 29.5 Å². The van der Waals surface area contributed by atoms with Gasteiger partial charge in [-0.15, -0.1) is 0 Å². The van der Waals surface area contributed by atoms with Crippen LogP contribution in [-0.2, 0) is 0 Å². The van der Waals surface area contributed by atoms with Gasteiger partial charge in [0.1, 0.15) is 12.4 Å². The molecule has 1 aromatic carbocycles. The molecule has 0 radical (unpaired) electrons. The Hall–Kier alpha value is -0.290. The molecule has 0 aliphatic rings. The Balaban J connectivity index is 2.92. The van der Waals surface area contributed by atoms with Gasteiger partial charge in [0, 0.05) is 0 Å². The van der Waals surface area contributed by atoms with Crippen molar-refractivity contribution in [2.24, 2.45) is 0 Å². The number of aliphatic hydroxyl groups is 1. The van der Waals surface area contributed by atoms with E-state index in [1.165, 1.54) is 5.56 Å². The Bertz CT molecular complexity index is 274. The van der Waals surface area contributed by atoms with Gasteiger partial charge < -0.3 is 9.84 Å². The smallest absolute Gasteiger partial charge is 0.135 e. The van der Waals surface area contributed by atoms with E-state index in [4.69, 9.17) is 9.84 Å². The SMILES string of the molecule is Cc1cc(C)c(OCCO)c(I)c1. The van der Waals surface area contributed by atoms with E-state index in [1.807, 2.05) is 6.92 Å². The Kier molecular flexibility index (Phi) is 3.99. The Morgan fingerprint density at radius 1 is 1.38 bits per heavy atom. The van der Waals surface area contributed by atoms with E-state index < -0.39 is 0 Å². The maximum absolute atomic E-state index is 8.64. The molecule has 0 aromatic heterocycles. The fourth-order valence-corrected chi connectivity index (χ4v) is 2.31. The van der Waals surface area contributed by atoms with Gasteiger partial charge in [-0.1, -0.05) is 6.07 Å². The predicted octanol–water partition coefficient (Wildman–Crippen LogP) is 2.28. The van der Waals surface area contributed by atoms with Gasteiger partial charge in [0.15, 0.2) is 0 Å². The molecule has 1 rings (SSSR count). The number of hydrogen-bond donors (Lipinski definition) is 1. The highest BCUT2D eigenvalue weighted by Gasteiger charge is 2.05. The third-order valence-corrected chi connectivity index (χ3v) is 2.51. The molecule has 0 unspecified atom stereocenters. The minimum atomic E-state index is 0.0589. The zero-order valence-corrected chi connectivity index (χ0v) is 9.96. The van der Waals surface area contributed by atoms with Crippen LogP contribution in [0.4, 0.5) is 0 Å². The van der Waals surface area contributed by atoms with Crippen LogP contribution in [0.2, 0.25) is 0 Å². The Morgan fingerprint density at radius 2 is 2.08 bits per heavy atom. The number of aliphatic hydroxyl groups excluding tert-OH is 1. The minimum absolute atomic E-state index is 0.0589. The molecule has 0 saturated heterocycles. The summed E-state index contributed by atoms with van der Waals surface area (Å²) in [5.41, 5.74) is 2.36. The van der Waals surface area contributed by atoms with Crippen molar-refractivity contribution >= 4 is 22.6 Å². The summed E-state index contributed by atoms with van der Waals surface area (Å²) in [4.78, 5) is 0. The summed E-state index contributed by atoms with van der Waals surface area (Å²) in [6, 6.07) is 4.15. The molecular formula is C10H13IO2. The molecule has 0 spiro atoms. The standard InChI is InChI=1S/C10H13IO2/c1-7-5-8(2)10(9(11)6-7)13-4-3-12/h5-6,12H,3-4H2,1-2H3. The number of benzene rings is 1. The molecule has 2 nitrogen and oxygen atoms in total. The van der Waals surface area contributed by atoms with E-state index in [0.29, 0.717) is 6.61 Å². The van der Waals surface area contributed by atoms with Crippen LogP contribution in [-0.4, -0.2) is 18.3 Å². The summed E-state index contributed by atoms with van der Waals surface area (Å²) in [7, 11) is 0. The molecule has 13 heavy (non-hydrogen) atoms.